The van der Waals surface area contributed by atoms with Crippen molar-refractivity contribution in [1.82, 2.24) is 4.57 Å². The van der Waals surface area contributed by atoms with Crippen LogP contribution in [0.4, 0.5) is 11.4 Å². The molecule has 104 valence electrons. The quantitative estimate of drug-likeness (QED) is 0.897. The number of nitrogens with zero attached hydrogens (tertiary/aromatic N) is 1. The van der Waals surface area contributed by atoms with Crippen LogP contribution in [0.15, 0.2) is 30.5 Å². The lowest BCUT2D eigenvalue weighted by Crippen LogP contribution is -2.16. The van der Waals surface area contributed by atoms with Crippen LogP contribution in [0.25, 0.3) is 0 Å². The number of fused-ring (bicyclic) bond motifs is 1. The van der Waals surface area contributed by atoms with Crippen LogP contribution in [-0.2, 0) is 6.54 Å². The number of aromatic nitrogens is 1. The summed E-state index contributed by atoms with van der Waals surface area (Å²) in [6.07, 6.45) is 1.74. The third kappa shape index (κ3) is 2.16. The van der Waals surface area contributed by atoms with Gasteiger partial charge >= 0.3 is 0 Å². The van der Waals surface area contributed by atoms with Crippen molar-refractivity contribution in [3.63, 3.8) is 0 Å². The minimum atomic E-state index is -0.206. The molecule has 1 aromatic heterocycles. The molecule has 0 bridgehead atoms. The van der Waals surface area contributed by atoms with Crippen LogP contribution in [0.1, 0.15) is 17.4 Å². The van der Waals surface area contributed by atoms with E-state index in [4.69, 9.17) is 15.2 Å². The monoisotopic (exact) mass is 273 g/mol. The highest BCUT2D eigenvalue weighted by molar-refractivity contribution is 6.04. The number of carbonyl (C=O) groups excluding carboxylic acids is 1. The molecule has 1 aliphatic rings. The maximum atomic E-state index is 12.2. The number of nitrogen functional groups attached to an aromatic ring is 1. The molecule has 0 atom stereocenters. The Morgan fingerprint density at radius 3 is 2.95 bits per heavy atom. The predicted octanol–water partition coefficient (Wildman–Crippen LogP) is 2.07. The SMILES string of the molecule is CCn1cc(N)cc1C(=O)Nc1ccc2c(c1)OCO2. The third-order valence-electron chi connectivity index (χ3n) is 3.12. The smallest absolute Gasteiger partial charge is 0.272 e. The minimum Gasteiger partial charge on any atom is -0.454 e. The van der Waals surface area contributed by atoms with Crippen LogP contribution in [0.2, 0.25) is 0 Å². The second-order valence-electron chi connectivity index (χ2n) is 4.47. The fraction of sp³-hybridized carbons (Fsp3) is 0.214. The summed E-state index contributed by atoms with van der Waals surface area (Å²) in [5.41, 5.74) is 7.48. The lowest BCUT2D eigenvalue weighted by atomic mass is 10.2. The van der Waals surface area contributed by atoms with E-state index in [2.05, 4.69) is 5.32 Å². The summed E-state index contributed by atoms with van der Waals surface area (Å²) >= 11 is 0. The lowest BCUT2D eigenvalue weighted by molar-refractivity contribution is 0.101. The van der Waals surface area contributed by atoms with E-state index >= 15 is 0 Å². The molecule has 1 aromatic carbocycles. The molecule has 6 nitrogen and oxygen atoms in total. The normalized spacial score (nSPS) is 12.4. The first-order valence-electron chi connectivity index (χ1n) is 6.34. The van der Waals surface area contributed by atoms with E-state index in [0.717, 1.165) is 0 Å². The molecule has 0 saturated carbocycles. The summed E-state index contributed by atoms with van der Waals surface area (Å²) in [6.45, 7) is 2.85. The van der Waals surface area contributed by atoms with Gasteiger partial charge in [-0.3, -0.25) is 4.79 Å². The molecule has 0 saturated heterocycles. The van der Waals surface area contributed by atoms with E-state index in [-0.39, 0.29) is 12.7 Å². The zero-order valence-corrected chi connectivity index (χ0v) is 11.1. The molecule has 0 radical (unpaired) electrons. The predicted molar refractivity (Wildman–Crippen MR) is 75.0 cm³/mol. The van der Waals surface area contributed by atoms with Crippen LogP contribution in [0, 0.1) is 0 Å². The van der Waals surface area contributed by atoms with E-state index < -0.39 is 0 Å². The van der Waals surface area contributed by atoms with Gasteiger partial charge in [0.05, 0.1) is 5.69 Å². The first kappa shape index (κ1) is 12.4. The molecule has 0 aliphatic carbocycles. The number of hydrogen-bond donors (Lipinski definition) is 2. The number of aryl methyl sites for hydroxylation is 1. The van der Waals surface area contributed by atoms with Crippen molar-refractivity contribution in [3.05, 3.63) is 36.2 Å². The molecule has 3 N–H and O–H groups in total. The molecule has 1 amide bonds. The largest absolute Gasteiger partial charge is 0.454 e. The molecular formula is C14H15N3O3. The number of benzene rings is 1. The number of carbonyl (C=O) groups is 1. The van der Waals surface area contributed by atoms with Gasteiger partial charge in [0.25, 0.3) is 5.91 Å². The van der Waals surface area contributed by atoms with Gasteiger partial charge in [0.2, 0.25) is 6.79 Å². The summed E-state index contributed by atoms with van der Waals surface area (Å²) in [4.78, 5) is 12.2. The first-order chi connectivity index (χ1) is 9.67. The van der Waals surface area contributed by atoms with Crippen LogP contribution >= 0.6 is 0 Å². The van der Waals surface area contributed by atoms with E-state index in [1.807, 2.05) is 6.92 Å². The van der Waals surface area contributed by atoms with Gasteiger partial charge < -0.3 is 25.1 Å². The molecule has 1 aliphatic heterocycles. The van der Waals surface area contributed by atoms with E-state index in [0.29, 0.717) is 35.1 Å². The topological polar surface area (TPSA) is 78.5 Å². The molecule has 20 heavy (non-hydrogen) atoms. The van der Waals surface area contributed by atoms with Crippen LogP contribution in [-0.4, -0.2) is 17.3 Å². The second-order valence-corrected chi connectivity index (χ2v) is 4.47. The van der Waals surface area contributed by atoms with Gasteiger partial charge in [-0.2, -0.15) is 0 Å². The van der Waals surface area contributed by atoms with Crippen LogP contribution in [0.3, 0.4) is 0 Å². The Morgan fingerprint density at radius 2 is 2.15 bits per heavy atom. The Hall–Kier alpha value is -2.63. The van der Waals surface area contributed by atoms with Crippen molar-refractivity contribution in [2.24, 2.45) is 0 Å². The van der Waals surface area contributed by atoms with Crippen LogP contribution < -0.4 is 20.5 Å². The maximum Gasteiger partial charge on any atom is 0.272 e. The summed E-state index contributed by atoms with van der Waals surface area (Å²) in [6, 6.07) is 6.94. The van der Waals surface area contributed by atoms with Crippen LogP contribution in [0.5, 0.6) is 11.5 Å². The summed E-state index contributed by atoms with van der Waals surface area (Å²) in [5, 5.41) is 2.83. The molecule has 2 heterocycles. The Labute approximate surface area is 116 Å². The average Bonchev–Trinajstić information content (AvgIpc) is 3.03. The summed E-state index contributed by atoms with van der Waals surface area (Å²) in [5.74, 6) is 1.11. The van der Waals surface area contributed by atoms with E-state index in [1.165, 1.54) is 0 Å². The minimum absolute atomic E-state index is 0.206. The van der Waals surface area contributed by atoms with Gasteiger partial charge in [0, 0.05) is 24.5 Å². The van der Waals surface area contributed by atoms with Gasteiger partial charge in [-0.05, 0) is 25.1 Å². The highest BCUT2D eigenvalue weighted by atomic mass is 16.7. The zero-order chi connectivity index (χ0) is 14.1. The molecule has 3 rings (SSSR count). The molecule has 0 fully saturated rings. The van der Waals surface area contributed by atoms with Crippen molar-refractivity contribution < 1.29 is 14.3 Å². The highest BCUT2D eigenvalue weighted by Gasteiger charge is 2.16. The standard InChI is InChI=1S/C14H15N3O3/c1-2-17-7-9(15)5-11(17)14(18)16-10-3-4-12-13(6-10)20-8-19-12/h3-7H,2,8,15H2,1H3,(H,16,18). The second kappa shape index (κ2) is 4.80. The third-order valence-corrected chi connectivity index (χ3v) is 3.12. The summed E-state index contributed by atoms with van der Waals surface area (Å²) < 4.78 is 12.3. The van der Waals surface area contributed by atoms with Gasteiger partial charge in [0.15, 0.2) is 11.5 Å². The zero-order valence-electron chi connectivity index (χ0n) is 11.1. The van der Waals surface area contributed by atoms with Crippen molar-refractivity contribution in [2.45, 2.75) is 13.5 Å². The van der Waals surface area contributed by atoms with Crippen molar-refractivity contribution in [3.8, 4) is 11.5 Å². The summed E-state index contributed by atoms with van der Waals surface area (Å²) in [7, 11) is 0. The Kier molecular flexibility index (Phi) is 2.98. The Morgan fingerprint density at radius 1 is 1.35 bits per heavy atom. The Balaban J connectivity index is 1.82. The molecular weight excluding hydrogens is 258 g/mol. The Bertz CT molecular complexity index is 664. The lowest BCUT2D eigenvalue weighted by Gasteiger charge is -2.08. The number of nitrogens with two attached hydrogens (primary N) is 1. The van der Waals surface area contributed by atoms with Gasteiger partial charge in [-0.25, -0.2) is 0 Å². The first-order valence-corrected chi connectivity index (χ1v) is 6.34. The molecule has 0 spiro atoms. The van der Waals surface area contributed by atoms with Crippen molar-refractivity contribution in [2.75, 3.05) is 17.8 Å². The van der Waals surface area contributed by atoms with Gasteiger partial charge in [-0.15, -0.1) is 0 Å². The molecule has 2 aromatic rings. The average molecular weight is 273 g/mol. The van der Waals surface area contributed by atoms with Crippen molar-refractivity contribution >= 4 is 17.3 Å². The fourth-order valence-electron chi connectivity index (χ4n) is 2.15. The number of rotatable bonds is 3. The molecule has 0 unspecified atom stereocenters. The number of nitrogens with one attached hydrogen (secondary N) is 1. The van der Waals surface area contributed by atoms with Crippen molar-refractivity contribution in [1.29, 1.82) is 0 Å². The fourth-order valence-corrected chi connectivity index (χ4v) is 2.15. The number of hydrogen-bond acceptors (Lipinski definition) is 4. The van der Waals surface area contributed by atoms with E-state index in [1.54, 1.807) is 35.0 Å². The maximum absolute atomic E-state index is 12.2. The number of amides is 1. The van der Waals surface area contributed by atoms with E-state index in [9.17, 15) is 4.79 Å². The molecule has 6 heteroatoms. The van der Waals surface area contributed by atoms with Gasteiger partial charge in [0.1, 0.15) is 5.69 Å². The number of anilines is 2. The van der Waals surface area contributed by atoms with Gasteiger partial charge in [-0.1, -0.05) is 0 Å². The number of ether oxygens (including phenoxy) is 2. The highest BCUT2D eigenvalue weighted by Crippen LogP contribution is 2.34.